The minimum absolute atomic E-state index is 0.325. The maximum absolute atomic E-state index is 13.4. The first kappa shape index (κ1) is 12.3. The highest BCUT2D eigenvalue weighted by molar-refractivity contribution is 9.10. The van der Waals surface area contributed by atoms with E-state index in [9.17, 15) is 4.39 Å². The number of fused-ring (bicyclic) bond motifs is 1. The van der Waals surface area contributed by atoms with Crippen LogP contribution in [-0.2, 0) is 6.54 Å². The molecule has 4 nitrogen and oxygen atoms in total. The molecule has 0 saturated heterocycles. The number of aromatic nitrogens is 3. The molecule has 0 spiro atoms. The monoisotopic (exact) mass is 320 g/mol. The molecule has 0 amide bonds. The predicted octanol–water partition coefficient (Wildman–Crippen LogP) is 2.99. The van der Waals surface area contributed by atoms with Crippen molar-refractivity contribution in [1.82, 2.24) is 15.0 Å². The lowest BCUT2D eigenvalue weighted by molar-refractivity contribution is 0.623. The van der Waals surface area contributed by atoms with E-state index in [1.165, 1.54) is 6.07 Å². The van der Waals surface area contributed by atoms with Crippen molar-refractivity contribution in [2.75, 3.05) is 0 Å². The van der Waals surface area contributed by atoms with Crippen molar-refractivity contribution in [1.29, 1.82) is 0 Å². The SMILES string of the molecule is NCc1ccc(-c2nc3cc(Br)c(F)cc3[nH]2)nc1. The molecule has 6 heteroatoms. The van der Waals surface area contributed by atoms with Gasteiger partial charge < -0.3 is 10.7 Å². The van der Waals surface area contributed by atoms with Crippen LogP contribution in [0.15, 0.2) is 34.9 Å². The lowest BCUT2D eigenvalue weighted by Gasteiger charge is -1.97. The number of nitrogens with two attached hydrogens (primary N) is 1. The van der Waals surface area contributed by atoms with Gasteiger partial charge in [0.05, 0.1) is 15.5 Å². The summed E-state index contributed by atoms with van der Waals surface area (Å²) in [5, 5.41) is 0. The van der Waals surface area contributed by atoms with Gasteiger partial charge in [0.1, 0.15) is 11.5 Å². The molecule has 0 fully saturated rings. The van der Waals surface area contributed by atoms with Gasteiger partial charge in [0.2, 0.25) is 0 Å². The third kappa shape index (κ3) is 2.24. The first-order valence-electron chi connectivity index (χ1n) is 5.67. The van der Waals surface area contributed by atoms with Crippen LogP contribution in [0.4, 0.5) is 4.39 Å². The topological polar surface area (TPSA) is 67.6 Å². The molecule has 3 N–H and O–H groups in total. The average Bonchev–Trinajstić information content (AvgIpc) is 2.82. The first-order chi connectivity index (χ1) is 9.17. The van der Waals surface area contributed by atoms with Crippen LogP contribution in [0, 0.1) is 5.82 Å². The summed E-state index contributed by atoms with van der Waals surface area (Å²) >= 11 is 3.14. The van der Waals surface area contributed by atoms with Crippen LogP contribution in [0.5, 0.6) is 0 Å². The molecule has 0 saturated carbocycles. The standard InChI is InChI=1S/C13H10BrFN4/c14-8-3-11-12(4-9(8)15)19-13(18-11)10-2-1-7(5-16)6-17-10/h1-4,6H,5,16H2,(H,18,19). The number of nitrogens with zero attached hydrogens (tertiary/aromatic N) is 2. The van der Waals surface area contributed by atoms with Crippen molar-refractivity contribution in [3.8, 4) is 11.5 Å². The van der Waals surface area contributed by atoms with Gasteiger partial charge in [0, 0.05) is 18.8 Å². The molecule has 0 aliphatic rings. The van der Waals surface area contributed by atoms with E-state index < -0.39 is 0 Å². The molecular weight excluding hydrogens is 311 g/mol. The molecule has 2 aromatic heterocycles. The molecule has 0 atom stereocenters. The van der Waals surface area contributed by atoms with Crippen molar-refractivity contribution in [2.45, 2.75) is 6.54 Å². The number of rotatable bonds is 2. The molecule has 0 aliphatic carbocycles. The second kappa shape index (κ2) is 4.71. The molecular formula is C13H10BrFN4. The summed E-state index contributed by atoms with van der Waals surface area (Å²) < 4.78 is 13.8. The molecule has 1 aromatic carbocycles. The number of benzene rings is 1. The highest BCUT2D eigenvalue weighted by Gasteiger charge is 2.09. The van der Waals surface area contributed by atoms with E-state index in [0.717, 1.165) is 5.56 Å². The number of aromatic amines is 1. The highest BCUT2D eigenvalue weighted by Crippen LogP contribution is 2.24. The van der Waals surface area contributed by atoms with Gasteiger partial charge in [-0.1, -0.05) is 6.07 Å². The summed E-state index contributed by atoms with van der Waals surface area (Å²) in [4.78, 5) is 11.7. The number of pyridine rings is 1. The van der Waals surface area contributed by atoms with Crippen LogP contribution < -0.4 is 5.73 Å². The van der Waals surface area contributed by atoms with Gasteiger partial charge in [-0.25, -0.2) is 9.37 Å². The van der Waals surface area contributed by atoms with Crippen molar-refractivity contribution in [3.05, 3.63) is 46.3 Å². The lowest BCUT2D eigenvalue weighted by Crippen LogP contribution is -1.97. The van der Waals surface area contributed by atoms with E-state index in [2.05, 4.69) is 30.9 Å². The number of nitrogens with one attached hydrogen (secondary N) is 1. The van der Waals surface area contributed by atoms with Gasteiger partial charge in [-0.3, -0.25) is 4.98 Å². The zero-order valence-corrected chi connectivity index (χ0v) is 11.4. The fourth-order valence-corrected chi connectivity index (χ4v) is 2.14. The fourth-order valence-electron chi connectivity index (χ4n) is 1.81. The van der Waals surface area contributed by atoms with E-state index in [1.807, 2.05) is 12.1 Å². The lowest BCUT2D eigenvalue weighted by atomic mass is 10.2. The number of H-pyrrole nitrogens is 1. The minimum Gasteiger partial charge on any atom is -0.337 e. The summed E-state index contributed by atoms with van der Waals surface area (Å²) in [5.41, 5.74) is 8.50. The Kier molecular flexibility index (Phi) is 3.04. The molecule has 0 unspecified atom stereocenters. The average molecular weight is 321 g/mol. The van der Waals surface area contributed by atoms with E-state index in [4.69, 9.17) is 5.73 Å². The Bertz CT molecular complexity index is 697. The number of halogens is 2. The third-order valence-corrected chi connectivity index (χ3v) is 3.43. The normalized spacial score (nSPS) is 11.1. The first-order valence-corrected chi connectivity index (χ1v) is 6.47. The molecule has 3 aromatic rings. The molecule has 96 valence electrons. The van der Waals surface area contributed by atoms with E-state index in [0.29, 0.717) is 33.6 Å². The summed E-state index contributed by atoms with van der Waals surface area (Å²) in [5.74, 6) is 0.283. The van der Waals surface area contributed by atoms with Gasteiger partial charge in [-0.2, -0.15) is 0 Å². The van der Waals surface area contributed by atoms with Crippen molar-refractivity contribution in [2.24, 2.45) is 5.73 Å². The van der Waals surface area contributed by atoms with Crippen LogP contribution in [0.1, 0.15) is 5.56 Å². The molecule has 0 aliphatic heterocycles. The van der Waals surface area contributed by atoms with E-state index in [1.54, 1.807) is 12.3 Å². The summed E-state index contributed by atoms with van der Waals surface area (Å²) in [6.07, 6.45) is 1.71. The summed E-state index contributed by atoms with van der Waals surface area (Å²) in [6, 6.07) is 6.78. The quantitative estimate of drug-likeness (QED) is 0.762. The number of imidazole rings is 1. The van der Waals surface area contributed by atoms with Crippen LogP contribution in [0.3, 0.4) is 0 Å². The third-order valence-electron chi connectivity index (χ3n) is 2.83. The highest BCUT2D eigenvalue weighted by atomic mass is 79.9. The number of hydrogen-bond acceptors (Lipinski definition) is 3. The Hall–Kier alpha value is -1.79. The van der Waals surface area contributed by atoms with Gasteiger partial charge in [0.25, 0.3) is 0 Å². The maximum atomic E-state index is 13.4. The summed E-state index contributed by atoms with van der Waals surface area (Å²) in [7, 11) is 0. The molecule has 2 heterocycles. The second-order valence-electron chi connectivity index (χ2n) is 4.12. The Morgan fingerprint density at radius 2 is 2.16 bits per heavy atom. The van der Waals surface area contributed by atoms with Gasteiger partial charge in [-0.05, 0) is 33.6 Å². The zero-order valence-electron chi connectivity index (χ0n) is 9.82. The van der Waals surface area contributed by atoms with Crippen LogP contribution in [0.2, 0.25) is 0 Å². The Morgan fingerprint density at radius 1 is 1.32 bits per heavy atom. The second-order valence-corrected chi connectivity index (χ2v) is 4.98. The fraction of sp³-hybridized carbons (Fsp3) is 0.0769. The predicted molar refractivity (Wildman–Crippen MR) is 74.9 cm³/mol. The largest absolute Gasteiger partial charge is 0.337 e. The molecule has 0 bridgehead atoms. The molecule has 3 rings (SSSR count). The van der Waals surface area contributed by atoms with E-state index >= 15 is 0 Å². The number of hydrogen-bond donors (Lipinski definition) is 2. The van der Waals surface area contributed by atoms with Crippen molar-refractivity contribution in [3.63, 3.8) is 0 Å². The Labute approximate surface area is 117 Å². The molecule has 0 radical (unpaired) electrons. The van der Waals surface area contributed by atoms with Gasteiger partial charge >= 0.3 is 0 Å². The van der Waals surface area contributed by atoms with Crippen LogP contribution in [0.25, 0.3) is 22.6 Å². The van der Waals surface area contributed by atoms with Gasteiger partial charge in [0.15, 0.2) is 5.82 Å². The van der Waals surface area contributed by atoms with Crippen LogP contribution in [-0.4, -0.2) is 15.0 Å². The zero-order chi connectivity index (χ0) is 13.4. The Morgan fingerprint density at radius 3 is 2.84 bits per heavy atom. The Balaban J connectivity index is 2.09. The van der Waals surface area contributed by atoms with Crippen LogP contribution >= 0.6 is 15.9 Å². The minimum atomic E-state index is -0.325. The maximum Gasteiger partial charge on any atom is 0.157 e. The van der Waals surface area contributed by atoms with E-state index in [-0.39, 0.29) is 5.82 Å². The summed E-state index contributed by atoms with van der Waals surface area (Å²) in [6.45, 7) is 0.450. The van der Waals surface area contributed by atoms with Crippen molar-refractivity contribution >= 4 is 27.0 Å². The molecule has 19 heavy (non-hydrogen) atoms. The van der Waals surface area contributed by atoms with Crippen molar-refractivity contribution < 1.29 is 4.39 Å². The smallest absolute Gasteiger partial charge is 0.157 e. The van der Waals surface area contributed by atoms with Gasteiger partial charge in [-0.15, -0.1) is 0 Å².